The third-order valence-corrected chi connectivity index (χ3v) is 5.71. The summed E-state index contributed by atoms with van der Waals surface area (Å²) in [6, 6.07) is 26.0. The zero-order chi connectivity index (χ0) is 22.6. The highest BCUT2D eigenvalue weighted by Crippen LogP contribution is 2.33. The summed E-state index contributed by atoms with van der Waals surface area (Å²) in [5.74, 6) is 1.47. The summed E-state index contributed by atoms with van der Waals surface area (Å²) in [5.41, 5.74) is 2.64. The van der Waals surface area contributed by atoms with Gasteiger partial charge in [-0.2, -0.15) is 0 Å². The van der Waals surface area contributed by atoms with Crippen LogP contribution in [-0.4, -0.2) is 49.0 Å². The minimum absolute atomic E-state index is 0.354. The fourth-order valence-corrected chi connectivity index (χ4v) is 4.10. The maximum Gasteiger partial charge on any atom is 0.340 e. The van der Waals surface area contributed by atoms with Crippen LogP contribution in [0.25, 0.3) is 0 Å². The van der Waals surface area contributed by atoms with Crippen molar-refractivity contribution in [2.24, 2.45) is 9.98 Å². The van der Waals surface area contributed by atoms with Gasteiger partial charge in [-0.15, -0.1) is 0 Å². The predicted octanol–water partition coefficient (Wildman–Crippen LogP) is 3.89. The summed E-state index contributed by atoms with van der Waals surface area (Å²) in [6.07, 6.45) is 0. The largest absolute Gasteiger partial charge is 0.497 e. The van der Waals surface area contributed by atoms with Crippen molar-refractivity contribution in [2.45, 2.75) is 12.1 Å². The fourth-order valence-electron chi connectivity index (χ4n) is 4.10. The van der Waals surface area contributed by atoms with Crippen LogP contribution in [0.2, 0.25) is 0 Å². The van der Waals surface area contributed by atoms with Crippen LogP contribution in [-0.2, 0) is 9.53 Å². The Morgan fingerprint density at radius 1 is 1.00 bits per heavy atom. The zero-order valence-corrected chi connectivity index (χ0v) is 18.2. The second-order valence-corrected chi connectivity index (χ2v) is 7.77. The maximum absolute atomic E-state index is 13.0. The first kappa shape index (κ1) is 20.8. The number of esters is 1. The number of aliphatic imine (C=N–C) groups is 2. The molecular weight excluding hydrogens is 416 g/mol. The Morgan fingerprint density at radius 3 is 2.39 bits per heavy atom. The molecule has 5 rings (SSSR count). The van der Waals surface area contributed by atoms with E-state index in [-0.39, 0.29) is 12.0 Å². The molecule has 0 spiro atoms. The van der Waals surface area contributed by atoms with Crippen LogP contribution in [0.5, 0.6) is 5.75 Å². The highest BCUT2D eigenvalue weighted by Gasteiger charge is 2.42. The Bertz CT molecular complexity index is 1180. The van der Waals surface area contributed by atoms with Gasteiger partial charge in [-0.3, -0.25) is 4.99 Å². The molecule has 1 N–H and O–H groups in total. The van der Waals surface area contributed by atoms with E-state index in [0.717, 1.165) is 22.6 Å². The van der Waals surface area contributed by atoms with E-state index in [1.807, 2.05) is 84.9 Å². The molecule has 2 atom stereocenters. The van der Waals surface area contributed by atoms with E-state index >= 15 is 0 Å². The van der Waals surface area contributed by atoms with E-state index in [4.69, 9.17) is 14.5 Å². The molecule has 2 aliphatic heterocycles. The van der Waals surface area contributed by atoms with Gasteiger partial charge in [0.1, 0.15) is 5.75 Å². The first-order chi connectivity index (χ1) is 16.2. The first-order valence-corrected chi connectivity index (χ1v) is 10.8. The molecule has 0 aliphatic carbocycles. The molecule has 33 heavy (non-hydrogen) atoms. The number of hydrogen-bond acceptors (Lipinski definition) is 7. The van der Waals surface area contributed by atoms with E-state index in [2.05, 4.69) is 15.2 Å². The van der Waals surface area contributed by atoms with Crippen molar-refractivity contribution in [1.29, 1.82) is 0 Å². The summed E-state index contributed by atoms with van der Waals surface area (Å²) < 4.78 is 10.9. The number of carbonyl (C=O) groups is 1. The average Bonchev–Trinajstić information content (AvgIpc) is 3.48. The number of cyclic esters (lactones) is 1. The van der Waals surface area contributed by atoms with Crippen molar-refractivity contribution in [2.75, 3.05) is 25.5 Å². The molecule has 3 aromatic rings. The van der Waals surface area contributed by atoms with Gasteiger partial charge in [-0.1, -0.05) is 48.5 Å². The second kappa shape index (κ2) is 9.16. The number of ether oxygens (including phenoxy) is 2. The number of hydrogen-bond donors (Lipinski definition) is 1. The third-order valence-electron chi connectivity index (χ3n) is 5.71. The molecule has 0 saturated carbocycles. The van der Waals surface area contributed by atoms with Gasteiger partial charge < -0.3 is 19.7 Å². The maximum atomic E-state index is 13.0. The molecule has 0 fully saturated rings. The summed E-state index contributed by atoms with van der Waals surface area (Å²) in [7, 11) is 1.64. The smallest absolute Gasteiger partial charge is 0.340 e. The SMILES string of the molecule is COc1ccc(NC2=NCCN2[C@H](c2ccccc2)[C@H]2N=C(c3ccccc3)OC2=O)cc1. The Kier molecular flexibility index (Phi) is 5.76. The monoisotopic (exact) mass is 440 g/mol. The normalized spacial score (nSPS) is 18.4. The molecule has 2 heterocycles. The predicted molar refractivity (Wildman–Crippen MR) is 128 cm³/mol. The molecule has 166 valence electrons. The van der Waals surface area contributed by atoms with Crippen LogP contribution in [0.3, 0.4) is 0 Å². The first-order valence-electron chi connectivity index (χ1n) is 10.8. The Labute approximate surface area is 192 Å². The van der Waals surface area contributed by atoms with E-state index in [9.17, 15) is 4.79 Å². The van der Waals surface area contributed by atoms with Gasteiger partial charge in [0.05, 0.1) is 19.7 Å². The Balaban J connectivity index is 1.47. The minimum atomic E-state index is -0.705. The highest BCUT2D eigenvalue weighted by atomic mass is 16.6. The highest BCUT2D eigenvalue weighted by molar-refractivity contribution is 6.06. The van der Waals surface area contributed by atoms with Gasteiger partial charge in [0, 0.05) is 17.8 Å². The molecule has 0 saturated heterocycles. The number of methoxy groups -OCH3 is 1. The van der Waals surface area contributed by atoms with Crippen LogP contribution < -0.4 is 10.1 Å². The lowest BCUT2D eigenvalue weighted by molar-refractivity contribution is -0.136. The van der Waals surface area contributed by atoms with E-state index in [1.54, 1.807) is 7.11 Å². The Hall–Kier alpha value is -4.13. The number of nitrogens with one attached hydrogen (secondary N) is 1. The molecular formula is C26H24N4O3. The van der Waals surface area contributed by atoms with Crippen molar-refractivity contribution < 1.29 is 14.3 Å². The quantitative estimate of drug-likeness (QED) is 0.589. The summed E-state index contributed by atoms with van der Waals surface area (Å²) in [5, 5.41) is 3.39. The van der Waals surface area contributed by atoms with Crippen molar-refractivity contribution >= 4 is 23.5 Å². The van der Waals surface area contributed by atoms with Crippen LogP contribution >= 0.6 is 0 Å². The van der Waals surface area contributed by atoms with Gasteiger partial charge in [0.15, 0.2) is 12.0 Å². The Morgan fingerprint density at radius 2 is 1.70 bits per heavy atom. The van der Waals surface area contributed by atoms with Crippen molar-refractivity contribution in [3.63, 3.8) is 0 Å². The molecule has 0 unspecified atom stereocenters. The lowest BCUT2D eigenvalue weighted by atomic mass is 9.98. The lowest BCUT2D eigenvalue weighted by Gasteiger charge is -2.32. The van der Waals surface area contributed by atoms with E-state index in [0.29, 0.717) is 24.9 Å². The summed E-state index contributed by atoms with van der Waals surface area (Å²) >= 11 is 0. The van der Waals surface area contributed by atoms with E-state index < -0.39 is 6.04 Å². The number of nitrogens with zero attached hydrogens (tertiary/aromatic N) is 3. The lowest BCUT2D eigenvalue weighted by Crippen LogP contribution is -2.43. The van der Waals surface area contributed by atoms with Crippen LogP contribution in [0.15, 0.2) is 94.9 Å². The number of guanidine groups is 1. The molecule has 3 aromatic carbocycles. The van der Waals surface area contributed by atoms with Gasteiger partial charge >= 0.3 is 5.97 Å². The molecule has 0 radical (unpaired) electrons. The third kappa shape index (κ3) is 4.30. The number of rotatable bonds is 6. The van der Waals surface area contributed by atoms with Gasteiger partial charge in [0.2, 0.25) is 5.90 Å². The molecule has 0 amide bonds. The number of anilines is 1. The molecule has 7 heteroatoms. The van der Waals surface area contributed by atoms with Crippen LogP contribution in [0, 0.1) is 0 Å². The number of carbonyl (C=O) groups excluding carboxylic acids is 1. The minimum Gasteiger partial charge on any atom is -0.497 e. The van der Waals surface area contributed by atoms with Crippen LogP contribution in [0.1, 0.15) is 17.2 Å². The molecule has 0 aromatic heterocycles. The van der Waals surface area contributed by atoms with Gasteiger partial charge in [-0.25, -0.2) is 9.79 Å². The van der Waals surface area contributed by atoms with Gasteiger partial charge in [-0.05, 0) is 42.0 Å². The van der Waals surface area contributed by atoms with Crippen LogP contribution in [0.4, 0.5) is 5.69 Å². The topological polar surface area (TPSA) is 75.5 Å². The van der Waals surface area contributed by atoms with Gasteiger partial charge in [0.25, 0.3) is 0 Å². The molecule has 0 bridgehead atoms. The molecule has 2 aliphatic rings. The summed E-state index contributed by atoms with van der Waals surface area (Å²) in [4.78, 5) is 24.5. The molecule has 7 nitrogen and oxygen atoms in total. The zero-order valence-electron chi connectivity index (χ0n) is 18.2. The standard InChI is InChI=1S/C26H24N4O3/c1-32-21-14-12-20(13-15-21)28-26-27-16-17-30(26)23(18-8-4-2-5-9-18)22-25(31)33-24(29-22)19-10-6-3-7-11-19/h2-15,22-23H,16-17H2,1H3,(H,27,28)/t22-,23-/m1/s1. The summed E-state index contributed by atoms with van der Waals surface area (Å²) in [6.45, 7) is 1.29. The second-order valence-electron chi connectivity index (χ2n) is 7.77. The van der Waals surface area contributed by atoms with E-state index in [1.165, 1.54) is 0 Å². The van der Waals surface area contributed by atoms with Crippen molar-refractivity contribution in [3.05, 3.63) is 96.1 Å². The fraction of sp³-hybridized carbons (Fsp3) is 0.192. The number of benzene rings is 3. The average molecular weight is 441 g/mol. The van der Waals surface area contributed by atoms with Crippen molar-refractivity contribution in [3.8, 4) is 5.75 Å². The van der Waals surface area contributed by atoms with Crippen molar-refractivity contribution in [1.82, 2.24) is 4.90 Å².